The van der Waals surface area contributed by atoms with E-state index in [1.54, 1.807) is 7.11 Å². The van der Waals surface area contributed by atoms with Crippen LogP contribution in [0.25, 0.3) is 22.2 Å². The van der Waals surface area contributed by atoms with Crippen LogP contribution < -0.4 is 15.8 Å². The minimum absolute atomic E-state index is 0.315. The molecule has 7 heteroatoms. The molecule has 0 saturated heterocycles. The van der Waals surface area contributed by atoms with Crippen LogP contribution >= 0.6 is 0 Å². The Hall–Kier alpha value is -4.39. The SMILES string of the molecule is COc1ccc(Cn2c(N)c(C(=O)Nc3ccccc3)c3nc4ccccc4nc32)cc1. The highest BCUT2D eigenvalue weighted by molar-refractivity contribution is 6.16. The van der Waals surface area contributed by atoms with E-state index in [9.17, 15) is 4.79 Å². The first-order valence-corrected chi connectivity index (χ1v) is 10.2. The number of anilines is 2. The molecule has 0 aliphatic carbocycles. The molecule has 0 aliphatic rings. The molecule has 32 heavy (non-hydrogen) atoms. The maximum Gasteiger partial charge on any atom is 0.261 e. The lowest BCUT2D eigenvalue weighted by atomic mass is 10.2. The van der Waals surface area contributed by atoms with E-state index in [-0.39, 0.29) is 5.91 Å². The van der Waals surface area contributed by atoms with Crippen molar-refractivity contribution in [2.45, 2.75) is 6.54 Å². The monoisotopic (exact) mass is 423 g/mol. The van der Waals surface area contributed by atoms with Gasteiger partial charge >= 0.3 is 0 Å². The van der Waals surface area contributed by atoms with Gasteiger partial charge in [-0.15, -0.1) is 0 Å². The maximum atomic E-state index is 13.2. The van der Waals surface area contributed by atoms with Crippen LogP contribution in [-0.2, 0) is 6.54 Å². The molecular weight excluding hydrogens is 402 g/mol. The second-order valence-corrected chi connectivity index (χ2v) is 7.40. The molecule has 0 radical (unpaired) electrons. The highest BCUT2D eigenvalue weighted by atomic mass is 16.5. The van der Waals surface area contributed by atoms with Gasteiger partial charge in [-0.3, -0.25) is 4.79 Å². The van der Waals surface area contributed by atoms with Crippen molar-refractivity contribution >= 4 is 39.6 Å². The van der Waals surface area contributed by atoms with Gasteiger partial charge in [0.25, 0.3) is 5.91 Å². The van der Waals surface area contributed by atoms with Crippen LogP contribution in [0, 0.1) is 0 Å². The largest absolute Gasteiger partial charge is 0.497 e. The zero-order valence-electron chi connectivity index (χ0n) is 17.4. The summed E-state index contributed by atoms with van der Waals surface area (Å²) in [6.07, 6.45) is 0. The summed E-state index contributed by atoms with van der Waals surface area (Å²) in [7, 11) is 1.63. The predicted molar refractivity (Wildman–Crippen MR) is 126 cm³/mol. The molecule has 0 spiro atoms. The number of fused-ring (bicyclic) bond motifs is 2. The average molecular weight is 423 g/mol. The Bertz CT molecular complexity index is 1430. The number of benzene rings is 3. The van der Waals surface area contributed by atoms with E-state index in [4.69, 9.17) is 20.4 Å². The van der Waals surface area contributed by atoms with Crippen molar-refractivity contribution in [2.24, 2.45) is 0 Å². The second kappa shape index (κ2) is 8.03. The Labute approximate surface area is 184 Å². The van der Waals surface area contributed by atoms with Gasteiger partial charge in [0, 0.05) is 5.69 Å². The summed E-state index contributed by atoms with van der Waals surface area (Å²) in [5.74, 6) is 0.768. The molecule has 3 aromatic carbocycles. The van der Waals surface area contributed by atoms with E-state index in [2.05, 4.69) is 5.32 Å². The fourth-order valence-electron chi connectivity index (χ4n) is 3.73. The quantitative estimate of drug-likeness (QED) is 0.435. The number of nitrogens with one attached hydrogen (secondary N) is 1. The molecule has 0 saturated carbocycles. The normalized spacial score (nSPS) is 11.0. The Kier molecular flexibility index (Phi) is 4.91. The van der Waals surface area contributed by atoms with Crippen LogP contribution in [0.3, 0.4) is 0 Å². The van der Waals surface area contributed by atoms with Crippen LogP contribution in [0.5, 0.6) is 5.75 Å². The zero-order valence-corrected chi connectivity index (χ0v) is 17.4. The lowest BCUT2D eigenvalue weighted by Gasteiger charge is -2.09. The van der Waals surface area contributed by atoms with Crippen molar-refractivity contribution < 1.29 is 9.53 Å². The first-order chi connectivity index (χ1) is 15.6. The molecule has 3 N–H and O–H groups in total. The summed E-state index contributed by atoms with van der Waals surface area (Å²) in [5.41, 5.74) is 11.0. The van der Waals surface area contributed by atoms with Crippen molar-refractivity contribution in [1.29, 1.82) is 0 Å². The van der Waals surface area contributed by atoms with Gasteiger partial charge in [0.1, 0.15) is 22.6 Å². The number of nitrogens with two attached hydrogens (primary N) is 1. The number of rotatable bonds is 5. The van der Waals surface area contributed by atoms with Crippen molar-refractivity contribution in [3.63, 3.8) is 0 Å². The number of amides is 1. The molecule has 0 unspecified atom stereocenters. The Morgan fingerprint density at radius 1 is 0.938 bits per heavy atom. The van der Waals surface area contributed by atoms with E-state index in [1.807, 2.05) is 83.4 Å². The number of aromatic nitrogens is 3. The number of hydrogen-bond acceptors (Lipinski definition) is 5. The highest BCUT2D eigenvalue weighted by Crippen LogP contribution is 2.29. The average Bonchev–Trinajstić information content (AvgIpc) is 3.09. The van der Waals surface area contributed by atoms with Gasteiger partial charge in [-0.1, -0.05) is 42.5 Å². The van der Waals surface area contributed by atoms with E-state index in [1.165, 1.54) is 0 Å². The standard InChI is InChI=1S/C25H21N5O2/c1-32-18-13-11-16(12-14-18)15-30-23(26)21(25(31)27-17-7-3-2-4-8-17)22-24(30)29-20-10-6-5-9-19(20)28-22/h2-14H,15,26H2,1H3,(H,27,31). The van der Waals surface area contributed by atoms with Crippen molar-refractivity contribution in [2.75, 3.05) is 18.2 Å². The Morgan fingerprint density at radius 3 is 2.28 bits per heavy atom. The van der Waals surface area contributed by atoms with Crippen LogP contribution in [0.4, 0.5) is 11.5 Å². The third kappa shape index (κ3) is 3.50. The van der Waals surface area contributed by atoms with Crippen LogP contribution in [0.1, 0.15) is 15.9 Å². The minimum Gasteiger partial charge on any atom is -0.497 e. The van der Waals surface area contributed by atoms with Gasteiger partial charge in [-0.25, -0.2) is 9.97 Å². The summed E-state index contributed by atoms with van der Waals surface area (Å²) in [6, 6.07) is 24.5. The van der Waals surface area contributed by atoms with Crippen molar-refractivity contribution in [3.8, 4) is 5.75 Å². The minimum atomic E-state index is -0.322. The molecule has 2 aromatic heterocycles. The van der Waals surface area contributed by atoms with E-state index >= 15 is 0 Å². The molecule has 5 rings (SSSR count). The third-order valence-electron chi connectivity index (χ3n) is 5.35. The molecule has 5 aromatic rings. The summed E-state index contributed by atoms with van der Waals surface area (Å²) < 4.78 is 7.08. The van der Waals surface area contributed by atoms with Gasteiger partial charge < -0.3 is 20.4 Å². The number of ether oxygens (including phenoxy) is 1. The smallest absolute Gasteiger partial charge is 0.261 e. The summed E-state index contributed by atoms with van der Waals surface area (Å²) in [5, 5.41) is 2.91. The molecule has 1 amide bonds. The maximum absolute atomic E-state index is 13.2. The third-order valence-corrected chi connectivity index (χ3v) is 5.35. The topological polar surface area (TPSA) is 95.1 Å². The molecule has 0 bridgehead atoms. The van der Waals surface area contributed by atoms with E-state index in [0.29, 0.717) is 40.3 Å². The van der Waals surface area contributed by atoms with Gasteiger partial charge in [0.2, 0.25) is 0 Å². The van der Waals surface area contributed by atoms with Crippen molar-refractivity contribution in [3.05, 3.63) is 90.0 Å². The van der Waals surface area contributed by atoms with Crippen LogP contribution in [-0.4, -0.2) is 27.6 Å². The highest BCUT2D eigenvalue weighted by Gasteiger charge is 2.24. The van der Waals surface area contributed by atoms with E-state index in [0.717, 1.165) is 16.8 Å². The van der Waals surface area contributed by atoms with Gasteiger partial charge in [0.05, 0.1) is 24.7 Å². The first kappa shape index (κ1) is 19.6. The summed E-state index contributed by atoms with van der Waals surface area (Å²) >= 11 is 0. The fourth-order valence-corrected chi connectivity index (χ4v) is 3.73. The predicted octanol–water partition coefficient (Wildman–Crippen LogP) is 4.48. The number of carbonyl (C=O) groups is 1. The Morgan fingerprint density at radius 2 is 1.59 bits per heavy atom. The van der Waals surface area contributed by atoms with Gasteiger partial charge in [-0.2, -0.15) is 0 Å². The molecule has 0 atom stereocenters. The number of hydrogen-bond donors (Lipinski definition) is 2. The molecule has 2 heterocycles. The number of carbonyl (C=O) groups excluding carboxylic acids is 1. The van der Waals surface area contributed by atoms with Crippen LogP contribution in [0.2, 0.25) is 0 Å². The van der Waals surface area contributed by atoms with Crippen molar-refractivity contribution in [1.82, 2.24) is 14.5 Å². The molecule has 0 aliphatic heterocycles. The number of para-hydroxylation sites is 3. The number of nitrogen functional groups attached to an aromatic ring is 1. The zero-order chi connectivity index (χ0) is 22.1. The summed E-state index contributed by atoms with van der Waals surface area (Å²) in [6.45, 7) is 0.442. The number of methoxy groups -OCH3 is 1. The fraction of sp³-hybridized carbons (Fsp3) is 0.0800. The molecule has 0 fully saturated rings. The summed E-state index contributed by atoms with van der Waals surface area (Å²) in [4.78, 5) is 22.8. The molecular formula is C25H21N5O2. The lowest BCUT2D eigenvalue weighted by molar-refractivity contribution is 0.102. The Balaban J connectivity index is 1.65. The van der Waals surface area contributed by atoms with Gasteiger partial charge in [-0.05, 0) is 42.0 Å². The molecule has 7 nitrogen and oxygen atoms in total. The van der Waals surface area contributed by atoms with E-state index < -0.39 is 0 Å². The first-order valence-electron chi connectivity index (χ1n) is 10.2. The molecule has 158 valence electrons. The number of nitrogens with zero attached hydrogens (tertiary/aromatic N) is 3. The van der Waals surface area contributed by atoms with Crippen LogP contribution in [0.15, 0.2) is 78.9 Å². The lowest BCUT2D eigenvalue weighted by Crippen LogP contribution is -2.15. The second-order valence-electron chi connectivity index (χ2n) is 7.40. The van der Waals surface area contributed by atoms with Gasteiger partial charge in [0.15, 0.2) is 5.65 Å².